The van der Waals surface area contributed by atoms with Crippen LogP contribution in [0, 0.1) is 6.92 Å². The van der Waals surface area contributed by atoms with Crippen LogP contribution >= 0.6 is 0 Å². The van der Waals surface area contributed by atoms with Crippen molar-refractivity contribution >= 4 is 20.2 Å². The van der Waals surface area contributed by atoms with E-state index in [4.69, 9.17) is 27.3 Å². The molecule has 4 aromatic carbocycles. The molecule has 0 atom stereocenters. The Balaban J connectivity index is 1.83. The second kappa shape index (κ2) is 12.8. The number of rotatable bonds is 12. The van der Waals surface area contributed by atoms with E-state index in [0.717, 1.165) is 23.6 Å². The van der Waals surface area contributed by atoms with E-state index in [2.05, 4.69) is 0 Å². The smallest absolute Gasteiger partial charge is 0.306 e. The van der Waals surface area contributed by atoms with Crippen molar-refractivity contribution in [1.82, 2.24) is 0 Å². The van der Waals surface area contributed by atoms with Crippen molar-refractivity contribution in [1.29, 1.82) is 0 Å². The highest BCUT2D eigenvalue weighted by molar-refractivity contribution is 7.86. The standard InChI is InChI=1S/C31H32O10S2/c1-20-7-9-21(10-8-20)19-39-26-16-13-23(17-27(26)36-2)29-28(41-43(6,34)35)18-25(30(37-3)31(29)38-4)22-11-14-24(15-12-22)40-42(5,32)33/h7-18H,19H2,1-6H3. The van der Waals surface area contributed by atoms with Gasteiger partial charge in [0.15, 0.2) is 28.7 Å². The van der Waals surface area contributed by atoms with Crippen LogP contribution in [-0.2, 0) is 26.8 Å². The molecule has 0 unspecified atom stereocenters. The first-order valence-electron chi connectivity index (χ1n) is 12.9. The second-order valence-electron chi connectivity index (χ2n) is 9.60. The second-order valence-corrected chi connectivity index (χ2v) is 12.8. The van der Waals surface area contributed by atoms with Crippen LogP contribution in [0.25, 0.3) is 22.3 Å². The molecule has 43 heavy (non-hydrogen) atoms. The molecule has 0 saturated carbocycles. The molecule has 4 rings (SSSR count). The van der Waals surface area contributed by atoms with Gasteiger partial charge in [-0.3, -0.25) is 0 Å². The summed E-state index contributed by atoms with van der Waals surface area (Å²) in [4.78, 5) is 0. The van der Waals surface area contributed by atoms with Gasteiger partial charge in [0.25, 0.3) is 0 Å². The Hall–Kier alpha value is -4.42. The van der Waals surface area contributed by atoms with E-state index in [0.29, 0.717) is 40.4 Å². The molecular formula is C31H32O10S2. The fourth-order valence-electron chi connectivity index (χ4n) is 4.38. The van der Waals surface area contributed by atoms with Crippen molar-refractivity contribution in [3.05, 3.63) is 83.9 Å². The SMILES string of the molecule is COc1cc(-c2c(OS(C)(=O)=O)cc(-c3ccc(OS(C)(=O)=O)cc3)c(OC)c2OC)ccc1OCc1ccc(C)cc1. The predicted octanol–water partition coefficient (Wildman–Crippen LogP) is 5.61. The van der Waals surface area contributed by atoms with Crippen molar-refractivity contribution in [3.63, 3.8) is 0 Å². The van der Waals surface area contributed by atoms with Crippen molar-refractivity contribution in [2.24, 2.45) is 0 Å². The van der Waals surface area contributed by atoms with Crippen molar-refractivity contribution in [3.8, 4) is 56.8 Å². The molecule has 0 amide bonds. The van der Waals surface area contributed by atoms with Crippen molar-refractivity contribution < 1.29 is 44.1 Å². The van der Waals surface area contributed by atoms with E-state index < -0.39 is 20.2 Å². The Labute approximate surface area is 252 Å². The van der Waals surface area contributed by atoms with Crippen molar-refractivity contribution in [2.45, 2.75) is 13.5 Å². The molecule has 0 bridgehead atoms. The molecule has 0 heterocycles. The summed E-state index contributed by atoms with van der Waals surface area (Å²) in [6.45, 7) is 2.33. The van der Waals surface area contributed by atoms with E-state index in [1.807, 2.05) is 31.2 Å². The van der Waals surface area contributed by atoms with Crippen LogP contribution in [0.4, 0.5) is 0 Å². The highest BCUT2D eigenvalue weighted by Gasteiger charge is 2.26. The van der Waals surface area contributed by atoms with Gasteiger partial charge in [0, 0.05) is 5.56 Å². The molecule has 4 aromatic rings. The van der Waals surface area contributed by atoms with E-state index >= 15 is 0 Å². The number of benzene rings is 4. The van der Waals surface area contributed by atoms with E-state index in [1.54, 1.807) is 30.3 Å². The molecule has 0 aliphatic heterocycles. The number of methoxy groups -OCH3 is 3. The van der Waals surface area contributed by atoms with Gasteiger partial charge in [-0.25, -0.2) is 0 Å². The third-order valence-corrected chi connectivity index (χ3v) is 7.21. The first-order valence-corrected chi connectivity index (χ1v) is 16.5. The quantitative estimate of drug-likeness (QED) is 0.183. The molecule has 228 valence electrons. The van der Waals surface area contributed by atoms with Gasteiger partial charge in [0.05, 0.1) is 39.4 Å². The zero-order valence-corrected chi connectivity index (χ0v) is 26.2. The third-order valence-electron chi connectivity index (χ3n) is 6.23. The lowest BCUT2D eigenvalue weighted by molar-refractivity contribution is 0.284. The highest BCUT2D eigenvalue weighted by atomic mass is 32.2. The maximum atomic E-state index is 12.4. The summed E-state index contributed by atoms with van der Waals surface area (Å²) in [5.74, 6) is 1.46. The summed E-state index contributed by atoms with van der Waals surface area (Å²) in [6.07, 6.45) is 1.88. The van der Waals surface area contributed by atoms with Crippen LogP contribution in [0.2, 0.25) is 0 Å². The maximum absolute atomic E-state index is 12.4. The van der Waals surface area contributed by atoms with Crippen LogP contribution in [0.5, 0.6) is 34.5 Å². The third kappa shape index (κ3) is 7.90. The molecule has 0 fully saturated rings. The monoisotopic (exact) mass is 628 g/mol. The summed E-state index contributed by atoms with van der Waals surface area (Å²) in [7, 11) is -3.32. The Morgan fingerprint density at radius 1 is 0.605 bits per heavy atom. The van der Waals surface area contributed by atoms with Gasteiger partial charge < -0.3 is 27.3 Å². The molecule has 0 aliphatic rings. The minimum absolute atomic E-state index is 0.0259. The minimum Gasteiger partial charge on any atom is -0.493 e. The van der Waals surface area contributed by atoms with E-state index in [9.17, 15) is 16.8 Å². The molecule has 0 aliphatic carbocycles. The number of aryl methyl sites for hydroxylation is 1. The molecule has 0 radical (unpaired) electrons. The minimum atomic E-state index is -3.98. The van der Waals surface area contributed by atoms with Crippen LogP contribution in [-0.4, -0.2) is 50.7 Å². The molecule has 0 spiro atoms. The first kappa shape index (κ1) is 31.5. The summed E-state index contributed by atoms with van der Waals surface area (Å²) in [5, 5.41) is 0. The Kier molecular flexibility index (Phi) is 9.41. The fraction of sp³-hybridized carbons (Fsp3) is 0.226. The molecule has 10 nitrogen and oxygen atoms in total. The highest BCUT2D eigenvalue weighted by Crippen LogP contribution is 2.51. The summed E-state index contributed by atoms with van der Waals surface area (Å²) >= 11 is 0. The van der Waals surface area contributed by atoms with Crippen molar-refractivity contribution in [2.75, 3.05) is 33.8 Å². The summed E-state index contributed by atoms with van der Waals surface area (Å²) in [6, 6.07) is 20.8. The summed E-state index contributed by atoms with van der Waals surface area (Å²) < 4.78 is 81.3. The van der Waals surface area contributed by atoms with Crippen LogP contribution in [0.1, 0.15) is 11.1 Å². The maximum Gasteiger partial charge on any atom is 0.306 e. The topological polar surface area (TPSA) is 124 Å². The molecule has 0 saturated heterocycles. The Bertz CT molecular complexity index is 1810. The van der Waals surface area contributed by atoms with Gasteiger partial charge in [0.1, 0.15) is 12.4 Å². The first-order chi connectivity index (χ1) is 20.3. The van der Waals surface area contributed by atoms with Gasteiger partial charge in [-0.05, 0) is 53.9 Å². The average molecular weight is 629 g/mol. The Morgan fingerprint density at radius 2 is 1.21 bits per heavy atom. The number of hydrogen-bond donors (Lipinski definition) is 0. The van der Waals surface area contributed by atoms with Gasteiger partial charge in [-0.15, -0.1) is 0 Å². The van der Waals surface area contributed by atoms with E-state index in [1.165, 1.54) is 39.5 Å². The normalized spacial score (nSPS) is 11.5. The molecule has 0 N–H and O–H groups in total. The van der Waals surface area contributed by atoms with Crippen LogP contribution < -0.4 is 27.3 Å². The largest absolute Gasteiger partial charge is 0.493 e. The van der Waals surface area contributed by atoms with E-state index in [-0.39, 0.29) is 23.0 Å². The van der Waals surface area contributed by atoms with Gasteiger partial charge in [0.2, 0.25) is 0 Å². The molecule has 12 heteroatoms. The van der Waals surface area contributed by atoms with Crippen LogP contribution in [0.15, 0.2) is 72.8 Å². The lowest BCUT2D eigenvalue weighted by Gasteiger charge is -2.21. The fourth-order valence-corrected chi connectivity index (χ4v) is 5.30. The lowest BCUT2D eigenvalue weighted by atomic mass is 9.96. The van der Waals surface area contributed by atoms with Gasteiger partial charge >= 0.3 is 20.2 Å². The molecule has 0 aromatic heterocycles. The molecular weight excluding hydrogens is 596 g/mol. The predicted molar refractivity (Wildman–Crippen MR) is 163 cm³/mol. The lowest BCUT2D eigenvalue weighted by Crippen LogP contribution is -2.08. The van der Waals surface area contributed by atoms with Crippen LogP contribution in [0.3, 0.4) is 0 Å². The number of ether oxygens (including phenoxy) is 4. The number of hydrogen-bond acceptors (Lipinski definition) is 10. The average Bonchev–Trinajstić information content (AvgIpc) is 2.95. The zero-order chi connectivity index (χ0) is 31.4. The zero-order valence-electron chi connectivity index (χ0n) is 24.5. The van der Waals surface area contributed by atoms with Gasteiger partial charge in [-0.2, -0.15) is 16.8 Å². The van der Waals surface area contributed by atoms with Gasteiger partial charge in [-0.1, -0.05) is 48.0 Å². The Morgan fingerprint density at radius 3 is 1.77 bits per heavy atom. The summed E-state index contributed by atoms with van der Waals surface area (Å²) in [5.41, 5.74) is 3.92.